The Balaban J connectivity index is 3.76. The van der Waals surface area contributed by atoms with Gasteiger partial charge in [-0.05, 0) is 19.4 Å². The number of aliphatic hydroxyl groups excluding tert-OH is 1. The molecule has 0 aliphatic heterocycles. The Morgan fingerprint density at radius 2 is 1.91 bits per heavy atom. The molecule has 0 bridgehead atoms. The maximum Gasteiger partial charge on any atom is 0.0483 e. The Morgan fingerprint density at radius 1 is 1.36 bits per heavy atom. The van der Waals surface area contributed by atoms with Crippen molar-refractivity contribution in [3.05, 3.63) is 11.6 Å². The Labute approximate surface area is 71.1 Å². The van der Waals surface area contributed by atoms with Gasteiger partial charge in [0.25, 0.3) is 0 Å². The summed E-state index contributed by atoms with van der Waals surface area (Å²) < 4.78 is 0. The smallest absolute Gasteiger partial charge is 0.0483 e. The minimum Gasteiger partial charge on any atom is -0.396 e. The van der Waals surface area contributed by atoms with Gasteiger partial charge in [0, 0.05) is 14.7 Å². The van der Waals surface area contributed by atoms with E-state index in [2.05, 4.69) is 32.6 Å². The van der Waals surface area contributed by atoms with Crippen LogP contribution in [0.1, 0.15) is 13.3 Å². The first-order valence-corrected chi connectivity index (χ1v) is 7.93. The molecular weight excluding hydrogens is 152 g/mol. The summed E-state index contributed by atoms with van der Waals surface area (Å²) in [5.41, 5.74) is 1.44. The number of allylic oxidation sites excluding steroid dienone is 1. The predicted molar refractivity (Wildman–Crippen MR) is 53.6 cm³/mol. The number of hydrogen-bond donors (Lipinski definition) is 1. The fourth-order valence-electron chi connectivity index (χ4n) is 1.22. The van der Waals surface area contributed by atoms with E-state index in [-0.39, 0.29) is 6.61 Å². The maximum absolute atomic E-state index is 8.58. The SMILES string of the molecule is CC(=CCCO)C[Si](C)(C)C. The fraction of sp³-hybridized carbons (Fsp3) is 0.778. The third-order valence-corrected chi connectivity index (χ3v) is 3.05. The standard InChI is InChI=1S/C9H20OSi/c1-9(6-5-7-10)8-11(2,3)4/h6,10H,5,7-8H2,1-4H3. The molecule has 0 aliphatic rings. The second-order valence-corrected chi connectivity index (χ2v) is 9.78. The lowest BCUT2D eigenvalue weighted by molar-refractivity contribution is 0.302. The first-order chi connectivity index (χ1) is 4.95. The Hall–Kier alpha value is -0.0831. The van der Waals surface area contributed by atoms with Gasteiger partial charge in [0.2, 0.25) is 0 Å². The maximum atomic E-state index is 8.58. The van der Waals surface area contributed by atoms with E-state index in [4.69, 9.17) is 5.11 Å². The molecule has 0 saturated heterocycles. The molecule has 0 atom stereocenters. The van der Waals surface area contributed by atoms with E-state index in [1.807, 2.05) is 0 Å². The molecule has 0 saturated carbocycles. The quantitative estimate of drug-likeness (QED) is 0.510. The van der Waals surface area contributed by atoms with Gasteiger partial charge in [0.1, 0.15) is 0 Å². The van der Waals surface area contributed by atoms with Gasteiger partial charge in [-0.2, -0.15) is 0 Å². The van der Waals surface area contributed by atoms with Crippen LogP contribution in [-0.2, 0) is 0 Å². The summed E-state index contributed by atoms with van der Waals surface area (Å²) in [5, 5.41) is 8.58. The van der Waals surface area contributed by atoms with Crippen LogP contribution in [0, 0.1) is 0 Å². The van der Waals surface area contributed by atoms with Gasteiger partial charge in [0.05, 0.1) is 0 Å². The summed E-state index contributed by atoms with van der Waals surface area (Å²) in [6.45, 7) is 9.53. The van der Waals surface area contributed by atoms with Crippen LogP contribution in [0.5, 0.6) is 0 Å². The van der Waals surface area contributed by atoms with Crippen LogP contribution in [0.15, 0.2) is 11.6 Å². The highest BCUT2D eigenvalue weighted by Gasteiger charge is 2.12. The minimum atomic E-state index is -0.920. The summed E-state index contributed by atoms with van der Waals surface area (Å²) in [7, 11) is -0.920. The molecule has 0 unspecified atom stereocenters. The van der Waals surface area contributed by atoms with Gasteiger partial charge in [0.15, 0.2) is 0 Å². The Kier molecular flexibility index (Phi) is 4.69. The first kappa shape index (κ1) is 10.9. The van der Waals surface area contributed by atoms with Crippen molar-refractivity contribution in [2.75, 3.05) is 6.61 Å². The van der Waals surface area contributed by atoms with Crippen molar-refractivity contribution >= 4 is 8.07 Å². The third-order valence-electron chi connectivity index (χ3n) is 1.43. The third kappa shape index (κ3) is 7.82. The molecule has 2 heteroatoms. The van der Waals surface area contributed by atoms with Crippen LogP contribution >= 0.6 is 0 Å². The van der Waals surface area contributed by atoms with Crippen molar-refractivity contribution in [1.82, 2.24) is 0 Å². The molecule has 0 spiro atoms. The fourth-order valence-corrected chi connectivity index (χ4v) is 3.04. The van der Waals surface area contributed by atoms with Gasteiger partial charge in [-0.15, -0.1) is 0 Å². The Bertz CT molecular complexity index is 133. The molecule has 0 fully saturated rings. The van der Waals surface area contributed by atoms with Gasteiger partial charge < -0.3 is 5.11 Å². The lowest BCUT2D eigenvalue weighted by Gasteiger charge is -2.15. The summed E-state index contributed by atoms with van der Waals surface area (Å²) in [4.78, 5) is 0. The first-order valence-electron chi connectivity index (χ1n) is 4.22. The molecule has 66 valence electrons. The highest BCUT2D eigenvalue weighted by atomic mass is 28.3. The molecular formula is C9H20OSi. The monoisotopic (exact) mass is 172 g/mol. The van der Waals surface area contributed by atoms with E-state index in [0.29, 0.717) is 0 Å². The highest BCUT2D eigenvalue weighted by Crippen LogP contribution is 2.15. The van der Waals surface area contributed by atoms with E-state index in [9.17, 15) is 0 Å². The molecule has 0 radical (unpaired) electrons. The van der Waals surface area contributed by atoms with Crippen LogP contribution < -0.4 is 0 Å². The van der Waals surface area contributed by atoms with E-state index in [0.717, 1.165) is 6.42 Å². The zero-order valence-corrected chi connectivity index (χ0v) is 9.15. The van der Waals surface area contributed by atoms with E-state index in [1.54, 1.807) is 0 Å². The minimum absolute atomic E-state index is 0.281. The van der Waals surface area contributed by atoms with Gasteiger partial charge in [-0.25, -0.2) is 0 Å². The second kappa shape index (κ2) is 4.73. The van der Waals surface area contributed by atoms with Crippen LogP contribution in [0.4, 0.5) is 0 Å². The van der Waals surface area contributed by atoms with Crippen molar-refractivity contribution in [2.45, 2.75) is 39.0 Å². The van der Waals surface area contributed by atoms with Gasteiger partial charge >= 0.3 is 0 Å². The van der Waals surface area contributed by atoms with Gasteiger partial charge in [-0.1, -0.05) is 31.3 Å². The van der Waals surface area contributed by atoms with Gasteiger partial charge in [-0.3, -0.25) is 0 Å². The van der Waals surface area contributed by atoms with Crippen LogP contribution in [0.3, 0.4) is 0 Å². The second-order valence-electron chi connectivity index (χ2n) is 4.30. The van der Waals surface area contributed by atoms with E-state index < -0.39 is 8.07 Å². The normalized spacial score (nSPS) is 13.7. The molecule has 1 N–H and O–H groups in total. The molecule has 0 amide bonds. The molecule has 0 aliphatic carbocycles. The lowest BCUT2D eigenvalue weighted by Crippen LogP contribution is -2.19. The van der Waals surface area contributed by atoms with E-state index >= 15 is 0 Å². The van der Waals surface area contributed by atoms with Crippen molar-refractivity contribution in [2.24, 2.45) is 0 Å². The zero-order valence-electron chi connectivity index (χ0n) is 8.15. The average Bonchev–Trinajstić information content (AvgIpc) is 1.79. The van der Waals surface area contributed by atoms with Crippen LogP contribution in [-0.4, -0.2) is 19.8 Å². The lowest BCUT2D eigenvalue weighted by atomic mass is 10.3. The number of rotatable bonds is 4. The largest absolute Gasteiger partial charge is 0.396 e. The molecule has 0 heterocycles. The molecule has 0 aromatic rings. The highest BCUT2D eigenvalue weighted by molar-refractivity contribution is 6.76. The average molecular weight is 172 g/mol. The van der Waals surface area contributed by atoms with Crippen LogP contribution in [0.2, 0.25) is 25.7 Å². The number of aliphatic hydroxyl groups is 1. The molecule has 11 heavy (non-hydrogen) atoms. The Morgan fingerprint density at radius 3 is 2.27 bits per heavy atom. The van der Waals surface area contributed by atoms with Crippen molar-refractivity contribution < 1.29 is 5.11 Å². The molecule has 1 nitrogen and oxygen atoms in total. The summed E-state index contributed by atoms with van der Waals surface area (Å²) in [5.74, 6) is 0. The molecule has 0 aromatic carbocycles. The molecule has 0 rings (SSSR count). The topological polar surface area (TPSA) is 20.2 Å². The summed E-state index contributed by atoms with van der Waals surface area (Å²) in [6, 6.07) is 1.26. The predicted octanol–water partition coefficient (Wildman–Crippen LogP) is 2.65. The molecule has 0 aromatic heterocycles. The summed E-state index contributed by atoms with van der Waals surface area (Å²) in [6.07, 6.45) is 2.97. The van der Waals surface area contributed by atoms with Crippen LogP contribution in [0.25, 0.3) is 0 Å². The van der Waals surface area contributed by atoms with Crippen molar-refractivity contribution in [3.63, 3.8) is 0 Å². The zero-order chi connectivity index (χ0) is 8.91. The number of hydrogen-bond acceptors (Lipinski definition) is 1. The summed E-state index contributed by atoms with van der Waals surface area (Å²) >= 11 is 0. The van der Waals surface area contributed by atoms with E-state index in [1.165, 1.54) is 11.6 Å². The van der Waals surface area contributed by atoms with Crippen molar-refractivity contribution in [1.29, 1.82) is 0 Å². The van der Waals surface area contributed by atoms with Crippen molar-refractivity contribution in [3.8, 4) is 0 Å².